The van der Waals surface area contributed by atoms with Gasteiger partial charge in [0.1, 0.15) is 0 Å². The van der Waals surface area contributed by atoms with Crippen LogP contribution in [0.1, 0.15) is 51.4 Å². The lowest BCUT2D eigenvalue weighted by Crippen LogP contribution is -2.53. The maximum absolute atomic E-state index is 13.2. The Labute approximate surface area is 134 Å². The van der Waals surface area contributed by atoms with Gasteiger partial charge in [-0.3, -0.25) is 4.79 Å². The molecule has 1 heterocycles. The molecular formula is C16H25F3N2O2. The van der Waals surface area contributed by atoms with Crippen LogP contribution in [0.5, 0.6) is 0 Å². The second kappa shape index (κ2) is 5.92. The number of ether oxygens (including phenoxy) is 1. The molecule has 23 heavy (non-hydrogen) atoms. The number of carbonyl (C=O) groups is 1. The number of hydrogen-bond donors (Lipinski definition) is 2. The molecule has 0 aromatic rings. The van der Waals surface area contributed by atoms with Crippen LogP contribution in [-0.2, 0) is 9.53 Å². The smallest absolute Gasteiger partial charge is 0.369 e. The Bertz CT molecular complexity index is 455. The number of rotatable bonds is 3. The Hall–Kier alpha value is -0.820. The fraction of sp³-hybridized carbons (Fsp3) is 0.938. The second-order valence-corrected chi connectivity index (χ2v) is 7.38. The van der Waals surface area contributed by atoms with Crippen LogP contribution in [0.4, 0.5) is 13.2 Å². The summed E-state index contributed by atoms with van der Waals surface area (Å²) in [6.45, 7) is 0.851. The van der Waals surface area contributed by atoms with Gasteiger partial charge in [-0.15, -0.1) is 0 Å². The molecule has 0 radical (unpaired) electrons. The fourth-order valence-electron chi connectivity index (χ4n) is 4.06. The standard InChI is InChI=1S/C16H25F3N2O2/c1-23-15(16(17,18)19)5-2-12(3-6-15)21-13(22)11-4-9-20-14(10-11)7-8-14/h11-12,20H,2-10H2,1H3,(H,21,22). The first kappa shape index (κ1) is 17.0. The molecule has 1 atom stereocenters. The van der Waals surface area contributed by atoms with Crippen molar-refractivity contribution in [2.75, 3.05) is 13.7 Å². The molecule has 0 aromatic carbocycles. The number of carbonyl (C=O) groups excluding carboxylic acids is 1. The first-order valence-corrected chi connectivity index (χ1v) is 8.47. The minimum Gasteiger partial charge on any atom is -0.369 e. The average molecular weight is 334 g/mol. The molecule has 2 saturated carbocycles. The van der Waals surface area contributed by atoms with E-state index in [9.17, 15) is 18.0 Å². The van der Waals surface area contributed by atoms with Gasteiger partial charge < -0.3 is 15.4 Å². The van der Waals surface area contributed by atoms with Crippen molar-refractivity contribution in [1.29, 1.82) is 0 Å². The quantitative estimate of drug-likeness (QED) is 0.834. The van der Waals surface area contributed by atoms with E-state index in [-0.39, 0.29) is 36.2 Å². The van der Waals surface area contributed by atoms with Gasteiger partial charge in [0.15, 0.2) is 5.60 Å². The Morgan fingerprint density at radius 1 is 1.17 bits per heavy atom. The van der Waals surface area contributed by atoms with Gasteiger partial charge in [-0.2, -0.15) is 13.2 Å². The zero-order valence-corrected chi connectivity index (χ0v) is 13.5. The van der Waals surface area contributed by atoms with Crippen LogP contribution in [-0.4, -0.2) is 42.9 Å². The Kier molecular flexibility index (Phi) is 4.38. The Balaban J connectivity index is 1.51. The summed E-state index contributed by atoms with van der Waals surface area (Å²) in [5, 5.41) is 6.45. The van der Waals surface area contributed by atoms with Gasteiger partial charge >= 0.3 is 6.18 Å². The lowest BCUT2D eigenvalue weighted by Gasteiger charge is -2.40. The van der Waals surface area contributed by atoms with Gasteiger partial charge in [-0.25, -0.2) is 0 Å². The number of nitrogens with one attached hydrogen (secondary N) is 2. The van der Waals surface area contributed by atoms with E-state index in [1.54, 1.807) is 0 Å². The monoisotopic (exact) mass is 334 g/mol. The third-order valence-electron chi connectivity index (χ3n) is 5.90. The maximum Gasteiger partial charge on any atom is 0.417 e. The van der Waals surface area contributed by atoms with Crippen molar-refractivity contribution in [3.63, 3.8) is 0 Å². The van der Waals surface area contributed by atoms with Crippen molar-refractivity contribution in [2.24, 2.45) is 5.92 Å². The highest BCUT2D eigenvalue weighted by atomic mass is 19.4. The number of piperidine rings is 1. The summed E-state index contributed by atoms with van der Waals surface area (Å²) in [6.07, 6.45) is 0.0159. The molecule has 2 N–H and O–H groups in total. The van der Waals surface area contributed by atoms with Crippen molar-refractivity contribution in [3.05, 3.63) is 0 Å². The van der Waals surface area contributed by atoms with E-state index in [0.717, 1.165) is 39.3 Å². The lowest BCUT2D eigenvalue weighted by molar-refractivity contribution is -0.280. The first-order valence-electron chi connectivity index (χ1n) is 8.47. The van der Waals surface area contributed by atoms with Crippen molar-refractivity contribution >= 4 is 5.91 Å². The van der Waals surface area contributed by atoms with Crippen LogP contribution >= 0.6 is 0 Å². The summed E-state index contributed by atoms with van der Waals surface area (Å²) in [7, 11) is 1.12. The summed E-state index contributed by atoms with van der Waals surface area (Å²) >= 11 is 0. The average Bonchev–Trinajstić information content (AvgIpc) is 3.25. The van der Waals surface area contributed by atoms with Crippen LogP contribution in [0.15, 0.2) is 0 Å². The van der Waals surface area contributed by atoms with Crippen LogP contribution in [0.3, 0.4) is 0 Å². The zero-order chi connectivity index (χ0) is 16.7. The third-order valence-corrected chi connectivity index (χ3v) is 5.90. The van der Waals surface area contributed by atoms with Crippen molar-refractivity contribution in [2.45, 2.75) is 74.7 Å². The topological polar surface area (TPSA) is 50.4 Å². The van der Waals surface area contributed by atoms with Crippen molar-refractivity contribution in [1.82, 2.24) is 10.6 Å². The number of halogens is 3. The zero-order valence-electron chi connectivity index (χ0n) is 13.5. The third kappa shape index (κ3) is 3.36. The molecule has 1 unspecified atom stereocenters. The molecule has 1 aliphatic heterocycles. The summed E-state index contributed by atoms with van der Waals surface area (Å²) in [6, 6.07) is -0.168. The van der Waals surface area contributed by atoms with Gasteiger partial charge in [0.2, 0.25) is 5.91 Å². The molecule has 132 valence electrons. The molecule has 1 amide bonds. The molecule has 7 heteroatoms. The van der Waals surface area contributed by atoms with Gasteiger partial charge in [0, 0.05) is 24.6 Å². The van der Waals surface area contributed by atoms with Crippen LogP contribution in [0.25, 0.3) is 0 Å². The predicted octanol–water partition coefficient (Wildman–Crippen LogP) is 2.52. The molecule has 1 spiro atoms. The highest BCUT2D eigenvalue weighted by Crippen LogP contribution is 2.45. The Morgan fingerprint density at radius 2 is 1.83 bits per heavy atom. The molecule has 2 aliphatic carbocycles. The normalized spacial score (nSPS) is 36.7. The second-order valence-electron chi connectivity index (χ2n) is 7.38. The SMILES string of the molecule is COC1(C(F)(F)F)CCC(NC(=O)C2CCNC3(CC3)C2)CC1. The van der Waals surface area contributed by atoms with E-state index in [2.05, 4.69) is 10.6 Å². The fourth-order valence-corrected chi connectivity index (χ4v) is 4.06. The van der Waals surface area contributed by atoms with Crippen LogP contribution < -0.4 is 10.6 Å². The summed E-state index contributed by atoms with van der Waals surface area (Å²) in [5.41, 5.74) is -1.87. The summed E-state index contributed by atoms with van der Waals surface area (Å²) in [4.78, 5) is 12.4. The number of hydrogen-bond acceptors (Lipinski definition) is 3. The van der Waals surface area contributed by atoms with Crippen LogP contribution in [0, 0.1) is 5.92 Å². The van der Waals surface area contributed by atoms with Gasteiger partial charge in [-0.1, -0.05) is 0 Å². The van der Waals surface area contributed by atoms with Crippen molar-refractivity contribution in [3.8, 4) is 0 Å². The molecular weight excluding hydrogens is 309 g/mol. The number of methoxy groups -OCH3 is 1. The van der Waals surface area contributed by atoms with Gasteiger partial charge in [0.25, 0.3) is 0 Å². The van der Waals surface area contributed by atoms with E-state index in [1.807, 2.05) is 0 Å². The van der Waals surface area contributed by atoms with Gasteiger partial charge in [-0.05, 0) is 57.9 Å². The maximum atomic E-state index is 13.2. The highest BCUT2D eigenvalue weighted by Gasteiger charge is 2.56. The van der Waals surface area contributed by atoms with Crippen LogP contribution in [0.2, 0.25) is 0 Å². The minimum atomic E-state index is -4.36. The molecule has 4 nitrogen and oxygen atoms in total. The van der Waals surface area contributed by atoms with Crippen molar-refractivity contribution < 1.29 is 22.7 Å². The first-order chi connectivity index (χ1) is 10.8. The van der Waals surface area contributed by atoms with E-state index in [4.69, 9.17) is 4.74 Å². The Morgan fingerprint density at radius 3 is 2.35 bits per heavy atom. The van der Waals surface area contributed by atoms with E-state index in [0.29, 0.717) is 12.8 Å². The number of alkyl halides is 3. The summed E-state index contributed by atoms with van der Waals surface area (Å²) < 4.78 is 44.3. The molecule has 3 aliphatic rings. The highest BCUT2D eigenvalue weighted by molar-refractivity contribution is 5.79. The van der Waals surface area contributed by atoms with E-state index < -0.39 is 11.8 Å². The van der Waals surface area contributed by atoms with Gasteiger partial charge in [0.05, 0.1) is 0 Å². The summed E-state index contributed by atoms with van der Waals surface area (Å²) in [5.74, 6) is 0.00942. The molecule has 0 aromatic heterocycles. The predicted molar refractivity (Wildman–Crippen MR) is 78.9 cm³/mol. The number of amides is 1. The minimum absolute atomic E-state index is 0.00419. The molecule has 1 saturated heterocycles. The molecule has 3 fully saturated rings. The molecule has 3 rings (SSSR count). The van der Waals surface area contributed by atoms with E-state index in [1.165, 1.54) is 0 Å². The molecule has 0 bridgehead atoms. The van der Waals surface area contributed by atoms with E-state index >= 15 is 0 Å². The largest absolute Gasteiger partial charge is 0.417 e. The lowest BCUT2D eigenvalue weighted by atomic mass is 9.81.